The van der Waals surface area contributed by atoms with E-state index < -0.39 is 18.0 Å². The highest BCUT2D eigenvalue weighted by atomic mass is 19.1. The molecule has 2 saturated heterocycles. The van der Waals surface area contributed by atoms with Crippen molar-refractivity contribution in [2.24, 2.45) is 10.8 Å². The number of carbonyl (C=O) groups is 2. The Bertz CT molecular complexity index is 831. The minimum atomic E-state index is -0.530. The van der Waals surface area contributed by atoms with E-state index in [4.69, 9.17) is 10.5 Å². The lowest BCUT2D eigenvalue weighted by Gasteiger charge is -2.25. The number of hydrazine groups is 3. The highest BCUT2D eigenvalue weighted by Gasteiger charge is 2.32. The van der Waals surface area contributed by atoms with Crippen molar-refractivity contribution in [3.05, 3.63) is 24.0 Å². The molecule has 3 heterocycles. The fourth-order valence-electron chi connectivity index (χ4n) is 3.49. The first kappa shape index (κ1) is 20.1. The molecule has 2 amide bonds. The average Bonchev–Trinajstić information content (AvgIpc) is 3.30. The van der Waals surface area contributed by atoms with Crippen molar-refractivity contribution in [3.63, 3.8) is 0 Å². The zero-order valence-corrected chi connectivity index (χ0v) is 16.3. The first-order valence-electron chi connectivity index (χ1n) is 9.62. The number of anilines is 2. The summed E-state index contributed by atoms with van der Waals surface area (Å²) in [6, 6.07) is 4.65. The number of hydrogen-bond donors (Lipinski definition) is 4. The van der Waals surface area contributed by atoms with E-state index in [1.165, 1.54) is 27.4 Å². The number of nitrogens with two attached hydrogens (primary N) is 1. The predicted octanol–water partition coefficient (Wildman–Crippen LogP) is -1.47. The molecule has 30 heavy (non-hydrogen) atoms. The summed E-state index contributed by atoms with van der Waals surface area (Å²) < 4.78 is 20.0. The van der Waals surface area contributed by atoms with Crippen LogP contribution in [0.3, 0.4) is 0 Å². The summed E-state index contributed by atoms with van der Waals surface area (Å²) in [7, 11) is 0. The van der Waals surface area contributed by atoms with Gasteiger partial charge in [-0.2, -0.15) is 5.10 Å². The normalized spacial score (nSPS) is 22.0. The van der Waals surface area contributed by atoms with Gasteiger partial charge in [0.1, 0.15) is 24.8 Å². The molecule has 0 unspecified atom stereocenters. The van der Waals surface area contributed by atoms with Crippen molar-refractivity contribution in [1.82, 2.24) is 26.5 Å². The largest absolute Gasteiger partial charge is 0.443 e. The molecule has 1 atom stereocenters. The number of cyclic esters (lactones) is 1. The standard InChI is InChI=1S/C17H24FN9O3/c18-14-7-12(25-9-13(8-19)30-17(25)29)1-2-15(14)24-4-3-21-26(6-5-24)16(28)10-27-22-11-20-23-27/h1-2,7,11,13,21,23H,3-6,8-10,19H2,(H,20,22)/t13-/m0/s1. The van der Waals surface area contributed by atoms with Gasteiger partial charge in [-0.15, -0.1) is 5.12 Å². The van der Waals surface area contributed by atoms with Crippen LogP contribution in [0.25, 0.3) is 0 Å². The Balaban J connectivity index is 1.38. The number of nitrogens with zero attached hydrogens (tertiary/aromatic N) is 5. The molecule has 13 heteroatoms. The fourth-order valence-corrected chi connectivity index (χ4v) is 3.49. The number of ether oxygens (including phenoxy) is 1. The van der Waals surface area contributed by atoms with Crippen LogP contribution in [0.2, 0.25) is 0 Å². The molecule has 4 rings (SSSR count). The third kappa shape index (κ3) is 4.22. The quantitative estimate of drug-likeness (QED) is 0.450. The monoisotopic (exact) mass is 421 g/mol. The van der Waals surface area contributed by atoms with Gasteiger partial charge in [0.15, 0.2) is 0 Å². The maximum Gasteiger partial charge on any atom is 0.414 e. The van der Waals surface area contributed by atoms with Crippen molar-refractivity contribution in [2.75, 3.05) is 55.6 Å². The van der Waals surface area contributed by atoms with Gasteiger partial charge in [-0.3, -0.25) is 20.1 Å². The molecule has 162 valence electrons. The van der Waals surface area contributed by atoms with E-state index in [0.717, 1.165) is 0 Å². The first-order valence-corrected chi connectivity index (χ1v) is 9.62. The second-order valence-electron chi connectivity index (χ2n) is 7.00. The lowest BCUT2D eigenvalue weighted by molar-refractivity contribution is -0.136. The molecule has 3 aliphatic rings. The van der Waals surface area contributed by atoms with Crippen molar-refractivity contribution in [2.45, 2.75) is 6.10 Å². The van der Waals surface area contributed by atoms with E-state index in [-0.39, 0.29) is 19.0 Å². The topological polar surface area (TPSA) is 131 Å². The van der Waals surface area contributed by atoms with Crippen LogP contribution in [-0.2, 0) is 9.53 Å². The van der Waals surface area contributed by atoms with Gasteiger partial charge in [-0.25, -0.2) is 20.1 Å². The molecule has 0 saturated carbocycles. The van der Waals surface area contributed by atoms with Crippen LogP contribution in [0.4, 0.5) is 20.6 Å². The number of rotatable bonds is 5. The van der Waals surface area contributed by atoms with Gasteiger partial charge in [0.25, 0.3) is 5.91 Å². The third-order valence-corrected chi connectivity index (χ3v) is 5.05. The van der Waals surface area contributed by atoms with Crippen molar-refractivity contribution < 1.29 is 18.7 Å². The second-order valence-corrected chi connectivity index (χ2v) is 7.00. The number of hydrazone groups is 1. The number of carbonyl (C=O) groups excluding carboxylic acids is 2. The predicted molar refractivity (Wildman–Crippen MR) is 106 cm³/mol. The Labute approximate surface area is 172 Å². The summed E-state index contributed by atoms with van der Waals surface area (Å²) in [5, 5.41) is 6.72. The van der Waals surface area contributed by atoms with Crippen LogP contribution in [0, 0.1) is 5.82 Å². The van der Waals surface area contributed by atoms with Gasteiger partial charge < -0.3 is 15.4 Å². The highest BCUT2D eigenvalue weighted by molar-refractivity contribution is 5.90. The number of halogens is 1. The number of nitrogens with one attached hydrogen (secondary N) is 3. The molecule has 0 aromatic heterocycles. The van der Waals surface area contributed by atoms with E-state index >= 15 is 0 Å². The van der Waals surface area contributed by atoms with Crippen LogP contribution in [0.1, 0.15) is 0 Å². The van der Waals surface area contributed by atoms with E-state index in [0.29, 0.717) is 44.1 Å². The van der Waals surface area contributed by atoms with E-state index in [1.54, 1.807) is 12.1 Å². The van der Waals surface area contributed by atoms with Crippen LogP contribution in [0.5, 0.6) is 0 Å². The summed E-state index contributed by atoms with van der Waals surface area (Å²) in [6.45, 7) is 2.41. The van der Waals surface area contributed by atoms with Crippen LogP contribution in [0.15, 0.2) is 23.3 Å². The van der Waals surface area contributed by atoms with Gasteiger partial charge in [0.2, 0.25) is 0 Å². The molecule has 5 N–H and O–H groups in total. The lowest BCUT2D eigenvalue weighted by atomic mass is 10.2. The van der Waals surface area contributed by atoms with E-state index in [9.17, 15) is 14.0 Å². The molecule has 1 aromatic rings. The smallest absolute Gasteiger partial charge is 0.414 e. The Morgan fingerprint density at radius 1 is 1.33 bits per heavy atom. The summed E-state index contributed by atoms with van der Waals surface area (Å²) in [5.74, 6) is -0.598. The Morgan fingerprint density at radius 2 is 2.20 bits per heavy atom. The molecule has 3 aliphatic heterocycles. The molecular weight excluding hydrogens is 397 g/mol. The zero-order valence-electron chi connectivity index (χ0n) is 16.3. The summed E-state index contributed by atoms with van der Waals surface area (Å²) >= 11 is 0. The zero-order chi connectivity index (χ0) is 21.1. The minimum absolute atomic E-state index is 0.0752. The Hall–Kier alpha value is -3.16. The maximum absolute atomic E-state index is 14.9. The molecule has 0 aliphatic carbocycles. The summed E-state index contributed by atoms with van der Waals surface area (Å²) in [4.78, 5) is 27.6. The van der Waals surface area contributed by atoms with E-state index in [2.05, 4.69) is 21.5 Å². The molecule has 2 fully saturated rings. The van der Waals surface area contributed by atoms with Gasteiger partial charge >= 0.3 is 6.09 Å². The molecule has 1 aromatic carbocycles. The number of benzene rings is 1. The Kier molecular flexibility index (Phi) is 5.83. The SMILES string of the molecule is NC[C@H]1CN(c2ccc(N3CCNN(C(=O)CN4NC=NN4)CC3)c(F)c2)C(=O)O1. The molecule has 0 radical (unpaired) electrons. The summed E-state index contributed by atoms with van der Waals surface area (Å²) in [5.41, 5.74) is 14.9. The molecular formula is C17H24FN9O3. The van der Waals surface area contributed by atoms with Crippen molar-refractivity contribution >= 4 is 29.7 Å². The van der Waals surface area contributed by atoms with E-state index in [1.807, 2.05) is 4.90 Å². The van der Waals surface area contributed by atoms with Gasteiger partial charge in [0.05, 0.1) is 24.5 Å². The second kappa shape index (κ2) is 8.69. The average molecular weight is 421 g/mol. The number of amides is 2. The van der Waals surface area contributed by atoms with Crippen LogP contribution < -0.4 is 31.9 Å². The molecule has 0 spiro atoms. The number of hydrogen-bond acceptors (Lipinski definition) is 10. The summed E-state index contributed by atoms with van der Waals surface area (Å²) in [6.07, 6.45) is 0.519. The van der Waals surface area contributed by atoms with Gasteiger partial charge in [-0.1, -0.05) is 0 Å². The molecule has 0 bridgehead atoms. The van der Waals surface area contributed by atoms with Crippen LogP contribution in [-0.4, -0.2) is 80.4 Å². The third-order valence-electron chi connectivity index (χ3n) is 5.05. The van der Waals surface area contributed by atoms with Gasteiger partial charge in [0, 0.05) is 26.2 Å². The highest BCUT2D eigenvalue weighted by Crippen LogP contribution is 2.28. The minimum Gasteiger partial charge on any atom is -0.443 e. The Morgan fingerprint density at radius 3 is 2.90 bits per heavy atom. The van der Waals surface area contributed by atoms with Crippen molar-refractivity contribution in [1.29, 1.82) is 0 Å². The molecule has 12 nitrogen and oxygen atoms in total. The van der Waals surface area contributed by atoms with Crippen LogP contribution >= 0.6 is 0 Å². The van der Waals surface area contributed by atoms with Crippen molar-refractivity contribution in [3.8, 4) is 0 Å². The first-order chi connectivity index (χ1) is 14.5. The lowest BCUT2D eigenvalue weighted by Crippen LogP contribution is -2.51. The maximum atomic E-state index is 14.9. The fraction of sp³-hybridized carbons (Fsp3) is 0.471. The van der Waals surface area contributed by atoms with Gasteiger partial charge in [-0.05, 0) is 18.2 Å².